The molecule has 2 heterocycles. The summed E-state index contributed by atoms with van der Waals surface area (Å²) in [6.45, 7) is 2.69. The number of guanidine groups is 1. The van der Waals surface area contributed by atoms with Gasteiger partial charge in [-0.05, 0) is 30.7 Å². The average molecular weight is 388 g/mol. The first kappa shape index (κ1) is 19.7. The van der Waals surface area contributed by atoms with Crippen LogP contribution in [-0.4, -0.2) is 66.4 Å². The van der Waals surface area contributed by atoms with Crippen LogP contribution < -0.4 is 15.0 Å². The molecule has 1 amide bonds. The van der Waals surface area contributed by atoms with Gasteiger partial charge in [-0.3, -0.25) is 14.5 Å². The Balaban J connectivity index is 1.41. The molecular weight excluding hydrogens is 363 g/mol. The molecule has 3 rings (SSSR count). The summed E-state index contributed by atoms with van der Waals surface area (Å²) in [6.07, 6.45) is 4.28. The predicted octanol–water partition coefficient (Wildman–Crippen LogP) is 1.25. The van der Waals surface area contributed by atoms with Gasteiger partial charge in [0.1, 0.15) is 18.1 Å². The van der Waals surface area contributed by atoms with E-state index in [9.17, 15) is 9.18 Å². The van der Waals surface area contributed by atoms with Crippen LogP contribution in [0.3, 0.4) is 0 Å². The first-order valence-electron chi connectivity index (χ1n) is 9.20. The van der Waals surface area contributed by atoms with Gasteiger partial charge < -0.3 is 19.9 Å². The Morgan fingerprint density at radius 2 is 2.11 bits per heavy atom. The van der Waals surface area contributed by atoms with Crippen LogP contribution >= 0.6 is 0 Å². The van der Waals surface area contributed by atoms with Crippen molar-refractivity contribution in [3.63, 3.8) is 0 Å². The quantitative estimate of drug-likeness (QED) is 0.458. The standard InChI is InChI=1S/C19H25FN6O2/c1-21-19(22-8-3-11-28-17-6-4-15(20)5-7-17)25-9-10-26(18(27)14-25)16-12-23-24(2)13-16/h4-7,12-13H,3,8-11,14H2,1-2H3,(H,21,22). The van der Waals surface area contributed by atoms with Crippen LogP contribution in [0.5, 0.6) is 5.75 Å². The number of halogens is 1. The normalized spacial score (nSPS) is 15.1. The Labute approximate surface area is 163 Å². The Bertz CT molecular complexity index is 820. The summed E-state index contributed by atoms with van der Waals surface area (Å²) in [7, 11) is 3.53. The molecule has 1 aliphatic heterocycles. The van der Waals surface area contributed by atoms with Gasteiger partial charge in [0, 0.05) is 39.9 Å². The molecule has 0 atom stereocenters. The lowest BCUT2D eigenvalue weighted by atomic mass is 10.3. The van der Waals surface area contributed by atoms with E-state index in [0.29, 0.717) is 38.0 Å². The first-order valence-corrected chi connectivity index (χ1v) is 9.20. The minimum atomic E-state index is -0.281. The fourth-order valence-electron chi connectivity index (χ4n) is 3.00. The number of benzene rings is 1. The number of anilines is 1. The zero-order valence-corrected chi connectivity index (χ0v) is 16.1. The third-order valence-electron chi connectivity index (χ3n) is 4.42. The minimum absolute atomic E-state index is 0.0156. The summed E-state index contributed by atoms with van der Waals surface area (Å²) in [5.41, 5.74) is 0.813. The SMILES string of the molecule is CN=C(NCCCOc1ccc(F)cc1)N1CCN(c2cnn(C)c2)C(=O)C1. The zero-order valence-electron chi connectivity index (χ0n) is 16.1. The third-order valence-corrected chi connectivity index (χ3v) is 4.42. The highest BCUT2D eigenvalue weighted by molar-refractivity contribution is 5.98. The number of ether oxygens (including phenoxy) is 1. The number of aliphatic imine (C=N–C) groups is 1. The van der Waals surface area contributed by atoms with Gasteiger partial charge in [-0.1, -0.05) is 0 Å². The number of amides is 1. The van der Waals surface area contributed by atoms with Crippen LogP contribution in [0.2, 0.25) is 0 Å². The maximum atomic E-state index is 12.9. The summed E-state index contributed by atoms with van der Waals surface area (Å²) in [6, 6.07) is 5.96. The molecule has 28 heavy (non-hydrogen) atoms. The van der Waals surface area contributed by atoms with Crippen LogP contribution in [0.1, 0.15) is 6.42 Å². The van der Waals surface area contributed by atoms with Crippen molar-refractivity contribution in [2.24, 2.45) is 12.0 Å². The second-order valence-corrected chi connectivity index (χ2v) is 6.47. The lowest BCUT2D eigenvalue weighted by molar-refractivity contribution is -0.120. The highest BCUT2D eigenvalue weighted by Crippen LogP contribution is 2.16. The van der Waals surface area contributed by atoms with E-state index < -0.39 is 0 Å². The Kier molecular flexibility index (Phi) is 6.46. The van der Waals surface area contributed by atoms with Gasteiger partial charge in [0.25, 0.3) is 0 Å². The molecule has 0 unspecified atom stereocenters. The number of rotatable bonds is 6. The van der Waals surface area contributed by atoms with Crippen LogP contribution in [0, 0.1) is 5.82 Å². The van der Waals surface area contributed by atoms with E-state index in [2.05, 4.69) is 15.4 Å². The molecule has 2 aromatic rings. The molecule has 1 aromatic heterocycles. The fourth-order valence-corrected chi connectivity index (χ4v) is 3.00. The van der Waals surface area contributed by atoms with E-state index in [0.717, 1.165) is 12.1 Å². The van der Waals surface area contributed by atoms with Gasteiger partial charge in [0.15, 0.2) is 5.96 Å². The Morgan fingerprint density at radius 3 is 2.75 bits per heavy atom. The van der Waals surface area contributed by atoms with Gasteiger partial charge in [-0.15, -0.1) is 0 Å². The van der Waals surface area contributed by atoms with E-state index in [1.165, 1.54) is 12.1 Å². The van der Waals surface area contributed by atoms with Gasteiger partial charge >= 0.3 is 0 Å². The molecule has 9 heteroatoms. The molecule has 0 radical (unpaired) electrons. The van der Waals surface area contributed by atoms with Crippen molar-refractivity contribution in [1.82, 2.24) is 20.0 Å². The minimum Gasteiger partial charge on any atom is -0.494 e. The number of hydrogen-bond donors (Lipinski definition) is 1. The fraction of sp³-hybridized carbons (Fsp3) is 0.421. The van der Waals surface area contributed by atoms with E-state index >= 15 is 0 Å². The third kappa shape index (κ3) is 4.99. The number of nitrogens with zero attached hydrogens (tertiary/aromatic N) is 5. The second kappa shape index (κ2) is 9.20. The van der Waals surface area contributed by atoms with Crippen LogP contribution in [-0.2, 0) is 11.8 Å². The number of carbonyl (C=O) groups is 1. The summed E-state index contributed by atoms with van der Waals surface area (Å²) in [5, 5.41) is 7.39. The highest BCUT2D eigenvalue weighted by Gasteiger charge is 2.27. The number of aryl methyl sites for hydroxylation is 1. The number of aromatic nitrogens is 2. The predicted molar refractivity (Wildman–Crippen MR) is 105 cm³/mol. The van der Waals surface area contributed by atoms with Crippen molar-refractivity contribution in [2.45, 2.75) is 6.42 Å². The Hall–Kier alpha value is -3.10. The van der Waals surface area contributed by atoms with Gasteiger partial charge in [0.2, 0.25) is 5.91 Å². The Morgan fingerprint density at radius 1 is 1.32 bits per heavy atom. The number of hydrogen-bond acceptors (Lipinski definition) is 4. The molecular formula is C19H25FN6O2. The van der Waals surface area contributed by atoms with E-state index in [-0.39, 0.29) is 18.3 Å². The van der Waals surface area contributed by atoms with Crippen molar-refractivity contribution in [3.05, 3.63) is 42.5 Å². The molecule has 0 spiro atoms. The van der Waals surface area contributed by atoms with Crippen molar-refractivity contribution in [1.29, 1.82) is 0 Å². The summed E-state index contributed by atoms with van der Waals surface area (Å²) < 4.78 is 20.1. The number of piperazine rings is 1. The largest absolute Gasteiger partial charge is 0.494 e. The molecule has 0 saturated carbocycles. The van der Waals surface area contributed by atoms with Crippen LogP contribution in [0.15, 0.2) is 41.7 Å². The molecule has 1 fully saturated rings. The van der Waals surface area contributed by atoms with E-state index in [1.807, 2.05) is 18.1 Å². The number of nitrogens with one attached hydrogen (secondary N) is 1. The van der Waals surface area contributed by atoms with Crippen LogP contribution in [0.25, 0.3) is 0 Å². The lowest BCUT2D eigenvalue weighted by Gasteiger charge is -2.35. The van der Waals surface area contributed by atoms with Crippen LogP contribution in [0.4, 0.5) is 10.1 Å². The van der Waals surface area contributed by atoms with Crippen molar-refractivity contribution in [3.8, 4) is 5.75 Å². The van der Waals surface area contributed by atoms with Crippen molar-refractivity contribution < 1.29 is 13.9 Å². The number of carbonyl (C=O) groups excluding carboxylic acids is 1. The van der Waals surface area contributed by atoms with Gasteiger partial charge in [0.05, 0.1) is 18.5 Å². The molecule has 8 nitrogen and oxygen atoms in total. The molecule has 0 bridgehead atoms. The monoisotopic (exact) mass is 388 g/mol. The topological polar surface area (TPSA) is 75.0 Å². The second-order valence-electron chi connectivity index (χ2n) is 6.47. The molecule has 150 valence electrons. The van der Waals surface area contributed by atoms with Gasteiger partial charge in [-0.2, -0.15) is 5.10 Å². The maximum Gasteiger partial charge on any atom is 0.246 e. The van der Waals surface area contributed by atoms with Crippen molar-refractivity contribution >= 4 is 17.6 Å². The molecule has 1 aliphatic rings. The first-order chi connectivity index (χ1) is 13.6. The zero-order chi connectivity index (χ0) is 19.9. The highest BCUT2D eigenvalue weighted by atomic mass is 19.1. The smallest absolute Gasteiger partial charge is 0.246 e. The molecule has 1 aromatic carbocycles. The molecule has 1 N–H and O–H groups in total. The van der Waals surface area contributed by atoms with Crippen molar-refractivity contribution in [2.75, 3.05) is 44.7 Å². The van der Waals surface area contributed by atoms with Gasteiger partial charge in [-0.25, -0.2) is 4.39 Å². The van der Waals surface area contributed by atoms with E-state index in [4.69, 9.17) is 4.74 Å². The maximum absolute atomic E-state index is 12.9. The van der Waals surface area contributed by atoms with E-state index in [1.54, 1.807) is 35.0 Å². The molecule has 0 aliphatic carbocycles. The lowest BCUT2D eigenvalue weighted by Crippen LogP contribution is -2.55. The summed E-state index contributed by atoms with van der Waals surface area (Å²) in [4.78, 5) is 20.5. The summed E-state index contributed by atoms with van der Waals surface area (Å²) in [5.74, 6) is 1.07. The average Bonchev–Trinajstić information content (AvgIpc) is 3.12. The summed E-state index contributed by atoms with van der Waals surface area (Å²) >= 11 is 0. The molecule has 1 saturated heterocycles.